The molecule has 0 spiro atoms. The van der Waals surface area contributed by atoms with Gasteiger partial charge in [0.25, 0.3) is 5.91 Å². The highest BCUT2D eigenvalue weighted by molar-refractivity contribution is 7.80. The van der Waals surface area contributed by atoms with Gasteiger partial charge in [-0.25, -0.2) is 4.39 Å². The minimum atomic E-state index is -0.323. The number of rotatable bonds is 7. The molecule has 1 unspecified atom stereocenters. The van der Waals surface area contributed by atoms with Crippen molar-refractivity contribution in [3.8, 4) is 11.5 Å². The lowest BCUT2D eigenvalue weighted by molar-refractivity contribution is -0.123. The van der Waals surface area contributed by atoms with Crippen molar-refractivity contribution in [1.29, 1.82) is 0 Å². The van der Waals surface area contributed by atoms with Gasteiger partial charge in [-0.2, -0.15) is 0 Å². The Kier molecular flexibility index (Phi) is 6.70. The highest BCUT2D eigenvalue weighted by Crippen LogP contribution is 2.28. The second-order valence-electron chi connectivity index (χ2n) is 7.56. The van der Waals surface area contributed by atoms with Gasteiger partial charge in [0, 0.05) is 5.56 Å². The van der Waals surface area contributed by atoms with Crippen LogP contribution in [0.2, 0.25) is 0 Å². The Balaban J connectivity index is 1.54. The smallest absolute Gasteiger partial charge is 0.277 e. The zero-order chi connectivity index (χ0) is 23.4. The van der Waals surface area contributed by atoms with Crippen LogP contribution in [0, 0.1) is 5.82 Å². The van der Waals surface area contributed by atoms with E-state index in [4.69, 9.17) is 21.7 Å². The van der Waals surface area contributed by atoms with E-state index in [0.29, 0.717) is 22.3 Å². The Morgan fingerprint density at radius 3 is 2.52 bits per heavy atom. The van der Waals surface area contributed by atoms with Crippen molar-refractivity contribution in [2.75, 3.05) is 7.11 Å². The zero-order valence-electron chi connectivity index (χ0n) is 18.2. The normalized spacial score (nSPS) is 15.5. The van der Waals surface area contributed by atoms with Crippen molar-refractivity contribution in [3.05, 3.63) is 101 Å². The molecule has 3 aromatic rings. The molecule has 0 aromatic heterocycles. The molecule has 5 nitrogen and oxygen atoms in total. The lowest BCUT2D eigenvalue weighted by Crippen LogP contribution is -2.33. The molecule has 1 amide bonds. The van der Waals surface area contributed by atoms with Crippen LogP contribution < -0.4 is 14.8 Å². The van der Waals surface area contributed by atoms with Gasteiger partial charge in [0.15, 0.2) is 5.11 Å². The number of hydrogen-bond donors (Lipinski definition) is 1. The molecule has 0 bridgehead atoms. The number of methoxy groups -OCH3 is 1. The Labute approximate surface area is 197 Å². The van der Waals surface area contributed by atoms with Gasteiger partial charge in [-0.05, 0) is 72.7 Å². The van der Waals surface area contributed by atoms with Crippen LogP contribution in [0.5, 0.6) is 11.5 Å². The number of nitrogens with one attached hydrogen (secondary N) is 1. The van der Waals surface area contributed by atoms with Crippen molar-refractivity contribution < 1.29 is 18.7 Å². The second kappa shape index (κ2) is 9.83. The van der Waals surface area contributed by atoms with Crippen molar-refractivity contribution >= 4 is 29.3 Å². The topological polar surface area (TPSA) is 50.8 Å². The number of halogens is 1. The monoisotopic (exact) mass is 462 g/mol. The maximum atomic E-state index is 13.1. The lowest BCUT2D eigenvalue weighted by Gasteiger charge is -2.23. The maximum Gasteiger partial charge on any atom is 0.277 e. The van der Waals surface area contributed by atoms with E-state index in [2.05, 4.69) is 5.32 Å². The molecule has 4 rings (SSSR count). The van der Waals surface area contributed by atoms with Gasteiger partial charge in [-0.15, -0.1) is 0 Å². The Hall–Kier alpha value is -3.71. The molecule has 0 saturated carbocycles. The SMILES string of the molecule is COc1ccc(/C=C2\NC(=S)N(C(C)c3ccccc3)C2=O)cc1COc1ccc(F)cc1. The van der Waals surface area contributed by atoms with E-state index in [1.165, 1.54) is 12.1 Å². The number of carbonyl (C=O) groups is 1. The summed E-state index contributed by atoms with van der Waals surface area (Å²) in [6, 6.07) is 20.9. The number of ether oxygens (including phenoxy) is 2. The van der Waals surface area contributed by atoms with Gasteiger partial charge in [0.1, 0.15) is 29.6 Å². The molecule has 1 aliphatic heterocycles. The molecule has 1 saturated heterocycles. The summed E-state index contributed by atoms with van der Waals surface area (Å²) in [7, 11) is 1.58. The van der Waals surface area contributed by atoms with Crippen LogP contribution in [0.1, 0.15) is 29.7 Å². The molecule has 1 heterocycles. The van der Waals surface area contributed by atoms with E-state index < -0.39 is 0 Å². The third-order valence-electron chi connectivity index (χ3n) is 5.40. The van der Waals surface area contributed by atoms with Crippen molar-refractivity contribution in [3.63, 3.8) is 0 Å². The van der Waals surface area contributed by atoms with Gasteiger partial charge in [0.2, 0.25) is 0 Å². The average Bonchev–Trinajstić information content (AvgIpc) is 3.11. The highest BCUT2D eigenvalue weighted by Gasteiger charge is 2.34. The van der Waals surface area contributed by atoms with Crippen LogP contribution in [0.15, 0.2) is 78.5 Å². The molecule has 0 aliphatic carbocycles. The summed E-state index contributed by atoms with van der Waals surface area (Å²) < 4.78 is 24.3. The third-order valence-corrected chi connectivity index (χ3v) is 5.70. The molecule has 168 valence electrons. The van der Waals surface area contributed by atoms with Gasteiger partial charge < -0.3 is 14.8 Å². The lowest BCUT2D eigenvalue weighted by atomic mass is 10.1. The summed E-state index contributed by atoms with van der Waals surface area (Å²) in [5.41, 5.74) is 2.99. The Bertz CT molecular complexity index is 1200. The van der Waals surface area contributed by atoms with Crippen LogP contribution in [0.4, 0.5) is 4.39 Å². The largest absolute Gasteiger partial charge is 0.496 e. The number of hydrogen-bond acceptors (Lipinski definition) is 4. The van der Waals surface area contributed by atoms with Crippen LogP contribution in [-0.2, 0) is 11.4 Å². The molecule has 1 fully saturated rings. The van der Waals surface area contributed by atoms with Gasteiger partial charge >= 0.3 is 0 Å². The van der Waals surface area contributed by atoms with E-state index in [0.717, 1.165) is 16.7 Å². The molecule has 3 aromatic carbocycles. The van der Waals surface area contributed by atoms with Gasteiger partial charge in [-0.1, -0.05) is 36.4 Å². The quantitative estimate of drug-likeness (QED) is 0.385. The molecule has 1 atom stereocenters. The first kappa shape index (κ1) is 22.5. The third kappa shape index (κ3) is 5.04. The Morgan fingerprint density at radius 1 is 1.09 bits per heavy atom. The minimum Gasteiger partial charge on any atom is -0.496 e. The van der Waals surface area contributed by atoms with Crippen molar-refractivity contribution in [2.45, 2.75) is 19.6 Å². The second-order valence-corrected chi connectivity index (χ2v) is 7.95. The minimum absolute atomic E-state index is 0.184. The molecular formula is C26H23FN2O3S. The first-order valence-corrected chi connectivity index (χ1v) is 10.8. The molecular weight excluding hydrogens is 439 g/mol. The van der Waals surface area contributed by atoms with Crippen LogP contribution in [0.3, 0.4) is 0 Å². The number of thiocarbonyl (C=S) groups is 1. The van der Waals surface area contributed by atoms with Crippen LogP contribution in [0.25, 0.3) is 6.08 Å². The predicted octanol–water partition coefficient (Wildman–Crippen LogP) is 5.23. The molecule has 0 radical (unpaired) electrons. The number of amides is 1. The van der Waals surface area contributed by atoms with Crippen LogP contribution >= 0.6 is 12.2 Å². The van der Waals surface area contributed by atoms with E-state index in [-0.39, 0.29) is 24.4 Å². The highest BCUT2D eigenvalue weighted by atomic mass is 32.1. The average molecular weight is 463 g/mol. The fraction of sp³-hybridized carbons (Fsp3) is 0.154. The standard InChI is InChI=1S/C26H23FN2O3S/c1-17(19-6-4-3-5-7-19)29-25(30)23(28-26(29)33)15-18-8-13-24(31-2)20(14-18)16-32-22-11-9-21(27)10-12-22/h3-15,17H,16H2,1-2H3,(H,28,33)/b23-15-. The summed E-state index contributed by atoms with van der Waals surface area (Å²) in [4.78, 5) is 14.7. The molecule has 1 N–H and O–H groups in total. The van der Waals surface area contributed by atoms with E-state index in [1.54, 1.807) is 30.2 Å². The fourth-order valence-corrected chi connectivity index (χ4v) is 3.99. The van der Waals surface area contributed by atoms with E-state index >= 15 is 0 Å². The number of nitrogens with zero attached hydrogens (tertiary/aromatic N) is 1. The maximum absolute atomic E-state index is 13.1. The summed E-state index contributed by atoms with van der Waals surface area (Å²) in [6.45, 7) is 2.17. The van der Waals surface area contributed by atoms with Gasteiger partial charge in [0.05, 0.1) is 13.2 Å². The molecule has 1 aliphatic rings. The molecule has 33 heavy (non-hydrogen) atoms. The Morgan fingerprint density at radius 2 is 1.82 bits per heavy atom. The number of benzene rings is 3. The van der Waals surface area contributed by atoms with Gasteiger partial charge in [-0.3, -0.25) is 9.69 Å². The van der Waals surface area contributed by atoms with E-state index in [9.17, 15) is 9.18 Å². The summed E-state index contributed by atoms with van der Waals surface area (Å²) >= 11 is 5.44. The number of carbonyl (C=O) groups excluding carboxylic acids is 1. The van der Waals surface area contributed by atoms with E-state index in [1.807, 2.05) is 55.5 Å². The van der Waals surface area contributed by atoms with Crippen LogP contribution in [-0.4, -0.2) is 23.0 Å². The summed E-state index contributed by atoms with van der Waals surface area (Å²) in [5.74, 6) is 0.692. The summed E-state index contributed by atoms with van der Waals surface area (Å²) in [6.07, 6.45) is 1.76. The fourth-order valence-electron chi connectivity index (χ4n) is 3.64. The van der Waals surface area contributed by atoms with Crippen molar-refractivity contribution in [1.82, 2.24) is 10.2 Å². The summed E-state index contributed by atoms with van der Waals surface area (Å²) in [5, 5.41) is 3.41. The first-order valence-electron chi connectivity index (χ1n) is 10.4. The first-order chi connectivity index (χ1) is 16.0. The zero-order valence-corrected chi connectivity index (χ0v) is 19.1. The molecule has 7 heteroatoms. The predicted molar refractivity (Wildman–Crippen MR) is 129 cm³/mol. The van der Waals surface area contributed by atoms with Crippen molar-refractivity contribution in [2.24, 2.45) is 0 Å².